The van der Waals surface area contributed by atoms with Crippen molar-refractivity contribution in [3.05, 3.63) is 89.7 Å². The van der Waals surface area contributed by atoms with E-state index in [2.05, 4.69) is 22.1 Å². The van der Waals surface area contributed by atoms with Crippen LogP contribution in [0.2, 0.25) is 0 Å². The minimum Gasteiger partial charge on any atom is -0.450 e. The van der Waals surface area contributed by atoms with Gasteiger partial charge in [0.15, 0.2) is 0 Å². The lowest BCUT2D eigenvalue weighted by atomic mass is 9.99. The number of anilines is 1. The fourth-order valence-corrected chi connectivity index (χ4v) is 3.77. The normalized spacial score (nSPS) is 15.5. The quantitative estimate of drug-likeness (QED) is 0.724. The van der Waals surface area contributed by atoms with Crippen LogP contribution in [0, 0.1) is 0 Å². The highest BCUT2D eigenvalue weighted by atomic mass is 16.5. The van der Waals surface area contributed by atoms with Crippen molar-refractivity contribution in [2.24, 2.45) is 0 Å². The third-order valence-corrected chi connectivity index (χ3v) is 5.05. The van der Waals surface area contributed by atoms with Crippen LogP contribution in [0.1, 0.15) is 34.6 Å². The molecule has 0 spiro atoms. The van der Waals surface area contributed by atoms with Crippen LogP contribution in [0.4, 0.5) is 10.5 Å². The number of hydrogen-bond acceptors (Lipinski definition) is 3. The van der Waals surface area contributed by atoms with E-state index in [0.29, 0.717) is 17.8 Å². The molecule has 1 aliphatic rings. The van der Waals surface area contributed by atoms with E-state index in [9.17, 15) is 9.59 Å². The van der Waals surface area contributed by atoms with Crippen LogP contribution in [0.25, 0.3) is 0 Å². The van der Waals surface area contributed by atoms with E-state index in [1.165, 1.54) is 0 Å². The molecule has 2 heterocycles. The largest absolute Gasteiger partial charge is 0.450 e. The number of aromatic nitrogens is 1. The Labute approximate surface area is 169 Å². The van der Waals surface area contributed by atoms with E-state index < -0.39 is 6.09 Å². The van der Waals surface area contributed by atoms with Crippen molar-refractivity contribution in [3.63, 3.8) is 0 Å². The second-order valence-electron chi connectivity index (χ2n) is 6.86. The molecule has 1 aliphatic heterocycles. The average molecular weight is 389 g/mol. The fourth-order valence-electron chi connectivity index (χ4n) is 3.77. The van der Waals surface area contributed by atoms with Gasteiger partial charge in [0.05, 0.1) is 12.6 Å². The van der Waals surface area contributed by atoms with E-state index in [4.69, 9.17) is 4.74 Å². The molecule has 1 atom stereocenters. The molecule has 4 rings (SSSR count). The molecule has 29 heavy (non-hydrogen) atoms. The molecular formula is C23H23N3O3. The number of hydrogen-bond donors (Lipinski definition) is 1. The second-order valence-corrected chi connectivity index (χ2v) is 6.86. The van der Waals surface area contributed by atoms with Gasteiger partial charge in [-0.25, -0.2) is 4.79 Å². The van der Waals surface area contributed by atoms with Gasteiger partial charge in [0.1, 0.15) is 0 Å². The molecule has 1 aromatic heterocycles. The summed E-state index contributed by atoms with van der Waals surface area (Å²) in [4.78, 5) is 27.1. The van der Waals surface area contributed by atoms with Crippen LogP contribution in [-0.2, 0) is 11.3 Å². The Morgan fingerprint density at radius 3 is 2.66 bits per heavy atom. The molecule has 0 unspecified atom stereocenters. The summed E-state index contributed by atoms with van der Waals surface area (Å²) in [5.74, 6) is -0.0705. The molecular weight excluding hydrogens is 366 g/mol. The highest BCUT2D eigenvalue weighted by Gasteiger charge is 2.32. The minimum absolute atomic E-state index is 0.0705. The molecule has 0 saturated carbocycles. The summed E-state index contributed by atoms with van der Waals surface area (Å²) in [5.41, 5.74) is 3.23. The Bertz CT molecular complexity index is 1010. The van der Waals surface area contributed by atoms with Gasteiger partial charge in [0.2, 0.25) is 0 Å². The van der Waals surface area contributed by atoms with Gasteiger partial charge in [-0.1, -0.05) is 36.4 Å². The van der Waals surface area contributed by atoms with Gasteiger partial charge < -0.3 is 14.2 Å². The molecule has 0 bridgehead atoms. The van der Waals surface area contributed by atoms with Crippen LogP contribution >= 0.6 is 0 Å². The standard InChI is InChI=1S/C23H23N3O3/c1-2-29-23(28)24-19-11-6-10-18(16-19)22(27)26-15-14-25-13-7-12-20(25)21(26)17-8-4-3-5-9-17/h3-13,16,21H,2,14-15H2,1H3,(H,24,28)/t21-/m0/s1. The Morgan fingerprint density at radius 1 is 1.03 bits per heavy atom. The fraction of sp³-hybridized carbons (Fsp3) is 0.217. The number of amides is 2. The highest BCUT2D eigenvalue weighted by Crippen LogP contribution is 2.33. The molecule has 0 radical (unpaired) electrons. The van der Waals surface area contributed by atoms with E-state index in [0.717, 1.165) is 17.8 Å². The first kappa shape index (κ1) is 18.8. The molecule has 2 aromatic carbocycles. The van der Waals surface area contributed by atoms with Gasteiger partial charge in [0, 0.05) is 36.2 Å². The molecule has 148 valence electrons. The zero-order valence-electron chi connectivity index (χ0n) is 16.2. The van der Waals surface area contributed by atoms with Crippen molar-refractivity contribution in [3.8, 4) is 0 Å². The number of rotatable bonds is 4. The first-order valence-corrected chi connectivity index (χ1v) is 9.72. The zero-order valence-corrected chi connectivity index (χ0v) is 16.2. The molecule has 3 aromatic rings. The summed E-state index contributed by atoms with van der Waals surface area (Å²) in [6.45, 7) is 3.39. The van der Waals surface area contributed by atoms with Crippen LogP contribution in [0.5, 0.6) is 0 Å². The molecule has 1 N–H and O–H groups in total. The SMILES string of the molecule is CCOC(=O)Nc1cccc(C(=O)N2CCn3cccc3[C@@H]2c2ccccc2)c1. The van der Waals surface area contributed by atoms with Gasteiger partial charge in [-0.05, 0) is 42.8 Å². The molecule has 0 aliphatic carbocycles. The Hall–Kier alpha value is -3.54. The van der Waals surface area contributed by atoms with Crippen LogP contribution in [0.3, 0.4) is 0 Å². The van der Waals surface area contributed by atoms with E-state index in [1.54, 1.807) is 31.2 Å². The Kier molecular flexibility index (Phi) is 5.33. The Morgan fingerprint density at radius 2 is 1.86 bits per heavy atom. The van der Waals surface area contributed by atoms with Crippen molar-refractivity contribution in [2.75, 3.05) is 18.5 Å². The van der Waals surface area contributed by atoms with Crippen molar-refractivity contribution >= 4 is 17.7 Å². The number of carbonyl (C=O) groups excluding carboxylic acids is 2. The second kappa shape index (κ2) is 8.22. The maximum Gasteiger partial charge on any atom is 0.411 e. The number of nitrogens with one attached hydrogen (secondary N) is 1. The van der Waals surface area contributed by atoms with Crippen molar-refractivity contribution in [1.29, 1.82) is 0 Å². The summed E-state index contributed by atoms with van der Waals surface area (Å²) in [5, 5.41) is 2.66. The monoisotopic (exact) mass is 389 g/mol. The smallest absolute Gasteiger partial charge is 0.411 e. The Balaban J connectivity index is 1.65. The van der Waals surface area contributed by atoms with Gasteiger partial charge >= 0.3 is 6.09 Å². The van der Waals surface area contributed by atoms with E-state index >= 15 is 0 Å². The average Bonchev–Trinajstić information content (AvgIpc) is 3.22. The zero-order chi connectivity index (χ0) is 20.2. The van der Waals surface area contributed by atoms with E-state index in [1.807, 2.05) is 41.3 Å². The molecule has 2 amide bonds. The van der Waals surface area contributed by atoms with Gasteiger partial charge in [0.25, 0.3) is 5.91 Å². The number of benzene rings is 2. The maximum atomic E-state index is 13.5. The van der Waals surface area contributed by atoms with Gasteiger partial charge in [-0.3, -0.25) is 10.1 Å². The van der Waals surface area contributed by atoms with E-state index in [-0.39, 0.29) is 18.6 Å². The number of nitrogens with zero attached hydrogens (tertiary/aromatic N) is 2. The summed E-state index contributed by atoms with van der Waals surface area (Å²) in [6, 6.07) is 20.9. The number of fused-ring (bicyclic) bond motifs is 1. The molecule has 0 saturated heterocycles. The van der Waals surface area contributed by atoms with Gasteiger partial charge in [-0.15, -0.1) is 0 Å². The van der Waals surface area contributed by atoms with Crippen molar-refractivity contribution in [1.82, 2.24) is 9.47 Å². The van der Waals surface area contributed by atoms with Crippen LogP contribution < -0.4 is 5.32 Å². The summed E-state index contributed by atoms with van der Waals surface area (Å²) in [6.07, 6.45) is 1.52. The predicted molar refractivity (Wildman–Crippen MR) is 111 cm³/mol. The van der Waals surface area contributed by atoms with Crippen molar-refractivity contribution < 1.29 is 14.3 Å². The number of ether oxygens (including phenoxy) is 1. The summed E-state index contributed by atoms with van der Waals surface area (Å²) < 4.78 is 7.11. The molecule has 6 heteroatoms. The summed E-state index contributed by atoms with van der Waals surface area (Å²) >= 11 is 0. The third kappa shape index (κ3) is 3.87. The summed E-state index contributed by atoms with van der Waals surface area (Å²) in [7, 11) is 0. The first-order valence-electron chi connectivity index (χ1n) is 9.72. The minimum atomic E-state index is -0.532. The van der Waals surface area contributed by atoms with Crippen LogP contribution in [-0.4, -0.2) is 34.6 Å². The lowest BCUT2D eigenvalue weighted by molar-refractivity contribution is 0.0664. The third-order valence-electron chi connectivity index (χ3n) is 5.05. The highest BCUT2D eigenvalue weighted by molar-refractivity contribution is 5.96. The first-order chi connectivity index (χ1) is 14.2. The molecule has 0 fully saturated rings. The predicted octanol–water partition coefficient (Wildman–Crippen LogP) is 4.30. The lowest BCUT2D eigenvalue weighted by Gasteiger charge is -2.37. The maximum absolute atomic E-state index is 13.5. The van der Waals surface area contributed by atoms with Crippen molar-refractivity contribution in [2.45, 2.75) is 19.5 Å². The number of carbonyl (C=O) groups is 2. The lowest BCUT2D eigenvalue weighted by Crippen LogP contribution is -2.42. The molecule has 6 nitrogen and oxygen atoms in total. The topological polar surface area (TPSA) is 63.6 Å². The van der Waals surface area contributed by atoms with Gasteiger partial charge in [-0.2, -0.15) is 0 Å². The van der Waals surface area contributed by atoms with Crippen LogP contribution in [0.15, 0.2) is 72.9 Å².